The summed E-state index contributed by atoms with van der Waals surface area (Å²) in [5, 5.41) is 0.298. The summed E-state index contributed by atoms with van der Waals surface area (Å²) in [7, 11) is -3.94. The van der Waals surface area contributed by atoms with Crippen molar-refractivity contribution in [1.29, 1.82) is 0 Å². The summed E-state index contributed by atoms with van der Waals surface area (Å²) in [6.07, 6.45) is 0. The molecule has 1 N–H and O–H groups in total. The third kappa shape index (κ3) is 3.56. The zero-order valence-corrected chi connectivity index (χ0v) is 13.3. The second-order valence-corrected chi connectivity index (χ2v) is 6.78. The van der Waals surface area contributed by atoms with Crippen molar-refractivity contribution < 1.29 is 13.2 Å². The number of anilines is 1. The highest BCUT2D eigenvalue weighted by atomic mass is 35.5. The van der Waals surface area contributed by atoms with Crippen molar-refractivity contribution in [2.45, 2.75) is 11.8 Å². The smallest absolute Gasteiger partial charge is 0.263 e. The van der Waals surface area contributed by atoms with Gasteiger partial charge in [0.2, 0.25) is 0 Å². The van der Waals surface area contributed by atoms with Gasteiger partial charge in [0.1, 0.15) is 4.90 Å². The molecule has 0 aliphatic heterocycles. The average molecular weight is 344 g/mol. The number of rotatable bonds is 4. The number of carbonyl (C=O) groups is 1. The van der Waals surface area contributed by atoms with E-state index < -0.39 is 10.0 Å². The van der Waals surface area contributed by atoms with Crippen molar-refractivity contribution in [1.82, 2.24) is 0 Å². The van der Waals surface area contributed by atoms with Crippen molar-refractivity contribution in [3.8, 4) is 0 Å². The number of halogens is 2. The molecule has 0 spiro atoms. The van der Waals surface area contributed by atoms with Gasteiger partial charge in [-0.1, -0.05) is 35.3 Å². The van der Waals surface area contributed by atoms with Crippen LogP contribution in [0.1, 0.15) is 17.3 Å². The van der Waals surface area contributed by atoms with E-state index >= 15 is 0 Å². The molecule has 110 valence electrons. The Bertz CT molecular complexity index is 804. The first-order chi connectivity index (χ1) is 9.81. The molecule has 0 aliphatic rings. The molecule has 2 rings (SSSR count). The lowest BCUT2D eigenvalue weighted by molar-refractivity contribution is 0.101. The molecule has 0 unspecified atom stereocenters. The largest absolute Gasteiger partial charge is 0.294 e. The predicted molar refractivity (Wildman–Crippen MR) is 83.7 cm³/mol. The Balaban J connectivity index is 2.48. The van der Waals surface area contributed by atoms with Gasteiger partial charge in [0, 0.05) is 10.6 Å². The predicted octanol–water partition coefficient (Wildman–Crippen LogP) is 4.00. The number of Topliss-reactive ketones (excluding diaryl/α,β-unsaturated/α-hetero) is 1. The molecule has 0 aliphatic carbocycles. The van der Waals surface area contributed by atoms with Crippen LogP contribution in [0.5, 0.6) is 0 Å². The summed E-state index contributed by atoms with van der Waals surface area (Å²) in [6.45, 7) is 1.36. The van der Waals surface area contributed by atoms with Gasteiger partial charge in [-0.3, -0.25) is 9.52 Å². The molecule has 0 atom stereocenters. The van der Waals surface area contributed by atoms with Gasteiger partial charge < -0.3 is 0 Å². The van der Waals surface area contributed by atoms with Crippen molar-refractivity contribution in [2.24, 2.45) is 0 Å². The maximum absolute atomic E-state index is 12.4. The fraction of sp³-hybridized carbons (Fsp3) is 0.0714. The van der Waals surface area contributed by atoms with E-state index in [-0.39, 0.29) is 32.0 Å². The highest BCUT2D eigenvalue weighted by molar-refractivity contribution is 7.92. The van der Waals surface area contributed by atoms with Crippen LogP contribution in [0.4, 0.5) is 5.69 Å². The summed E-state index contributed by atoms with van der Waals surface area (Å²) in [5.41, 5.74) is 0.472. The van der Waals surface area contributed by atoms with Gasteiger partial charge in [0.25, 0.3) is 10.0 Å². The molecule has 0 aromatic heterocycles. The molecule has 0 fully saturated rings. The molecular weight excluding hydrogens is 333 g/mol. The Labute approximate surface area is 132 Å². The summed E-state index contributed by atoms with van der Waals surface area (Å²) in [5.74, 6) is -0.245. The second-order valence-electron chi connectivity index (χ2n) is 4.28. The lowest BCUT2D eigenvalue weighted by Gasteiger charge is -2.12. The normalized spacial score (nSPS) is 11.2. The van der Waals surface area contributed by atoms with Crippen LogP contribution in [0.3, 0.4) is 0 Å². The van der Waals surface area contributed by atoms with E-state index in [1.807, 2.05) is 0 Å². The molecule has 4 nitrogen and oxygen atoms in total. The summed E-state index contributed by atoms with van der Waals surface area (Å²) >= 11 is 11.7. The fourth-order valence-electron chi connectivity index (χ4n) is 1.76. The molecule has 0 amide bonds. The molecule has 0 heterocycles. The number of nitrogens with one attached hydrogen (secondary N) is 1. The molecule has 0 bridgehead atoms. The van der Waals surface area contributed by atoms with Crippen LogP contribution in [0.2, 0.25) is 10.0 Å². The Hall–Kier alpha value is -1.56. The lowest BCUT2D eigenvalue weighted by Crippen LogP contribution is -2.15. The molecule has 21 heavy (non-hydrogen) atoms. The number of ketones is 1. The van der Waals surface area contributed by atoms with Gasteiger partial charge in [-0.15, -0.1) is 0 Å². The Morgan fingerprint density at radius 3 is 2.43 bits per heavy atom. The zero-order chi connectivity index (χ0) is 15.6. The maximum atomic E-state index is 12.4. The number of sulfonamides is 1. The van der Waals surface area contributed by atoms with E-state index in [1.165, 1.54) is 31.2 Å². The number of hydrogen-bond acceptors (Lipinski definition) is 3. The third-order valence-corrected chi connectivity index (χ3v) is 4.82. The van der Waals surface area contributed by atoms with E-state index in [1.54, 1.807) is 18.2 Å². The highest BCUT2D eigenvalue weighted by Crippen LogP contribution is 2.27. The van der Waals surface area contributed by atoms with Gasteiger partial charge in [0.05, 0.1) is 10.7 Å². The van der Waals surface area contributed by atoms with Gasteiger partial charge in [-0.2, -0.15) is 0 Å². The zero-order valence-electron chi connectivity index (χ0n) is 10.9. The minimum absolute atomic E-state index is 0.0483. The molecule has 0 saturated carbocycles. The monoisotopic (exact) mass is 343 g/mol. The van der Waals surface area contributed by atoms with Crippen molar-refractivity contribution >= 4 is 44.7 Å². The number of benzene rings is 2. The topological polar surface area (TPSA) is 63.2 Å². The molecular formula is C14H11Cl2NO3S. The first-order valence-corrected chi connectivity index (χ1v) is 8.13. The number of carbonyl (C=O) groups excluding carboxylic acids is 1. The molecule has 7 heteroatoms. The van der Waals surface area contributed by atoms with Crippen LogP contribution >= 0.6 is 23.2 Å². The van der Waals surface area contributed by atoms with Gasteiger partial charge in [-0.05, 0) is 37.3 Å². The van der Waals surface area contributed by atoms with Gasteiger partial charge >= 0.3 is 0 Å². The second kappa shape index (κ2) is 6.05. The van der Waals surface area contributed by atoms with E-state index in [9.17, 15) is 13.2 Å². The van der Waals surface area contributed by atoms with Crippen molar-refractivity contribution in [3.63, 3.8) is 0 Å². The van der Waals surface area contributed by atoms with E-state index in [4.69, 9.17) is 23.2 Å². The molecule has 0 radical (unpaired) electrons. The summed E-state index contributed by atoms with van der Waals surface area (Å²) in [4.78, 5) is 11.4. The first-order valence-electron chi connectivity index (χ1n) is 5.89. The Morgan fingerprint density at radius 2 is 1.76 bits per heavy atom. The minimum atomic E-state index is -3.94. The van der Waals surface area contributed by atoms with Crippen LogP contribution < -0.4 is 4.72 Å². The molecule has 2 aromatic rings. The molecule has 2 aromatic carbocycles. The van der Waals surface area contributed by atoms with E-state index in [0.29, 0.717) is 0 Å². The third-order valence-electron chi connectivity index (χ3n) is 2.73. The number of para-hydroxylation sites is 1. The SMILES string of the molecule is CC(=O)c1ccccc1NS(=O)(=O)c1cc(Cl)ccc1Cl. The number of hydrogen-bond donors (Lipinski definition) is 1. The average Bonchev–Trinajstić information content (AvgIpc) is 2.41. The quantitative estimate of drug-likeness (QED) is 0.853. The summed E-state index contributed by atoms with van der Waals surface area (Å²) in [6, 6.07) is 10.5. The molecule has 0 saturated heterocycles. The van der Waals surface area contributed by atoms with E-state index in [0.717, 1.165) is 0 Å². The highest BCUT2D eigenvalue weighted by Gasteiger charge is 2.20. The van der Waals surface area contributed by atoms with Crippen molar-refractivity contribution in [2.75, 3.05) is 4.72 Å². The summed E-state index contributed by atoms with van der Waals surface area (Å²) < 4.78 is 27.1. The van der Waals surface area contributed by atoms with Crippen LogP contribution in [0.15, 0.2) is 47.4 Å². The van der Waals surface area contributed by atoms with Gasteiger partial charge in [0.15, 0.2) is 5.78 Å². The van der Waals surface area contributed by atoms with Crippen molar-refractivity contribution in [3.05, 3.63) is 58.1 Å². The van der Waals surface area contributed by atoms with Crippen LogP contribution in [0.25, 0.3) is 0 Å². The first kappa shape index (κ1) is 15.8. The van der Waals surface area contributed by atoms with Crippen LogP contribution in [-0.4, -0.2) is 14.2 Å². The van der Waals surface area contributed by atoms with Crippen LogP contribution in [0, 0.1) is 0 Å². The van der Waals surface area contributed by atoms with Crippen LogP contribution in [-0.2, 0) is 10.0 Å². The Kier molecular flexibility index (Phi) is 4.56. The fourth-order valence-corrected chi connectivity index (χ4v) is 3.61. The van der Waals surface area contributed by atoms with Gasteiger partial charge in [-0.25, -0.2) is 8.42 Å². The standard InChI is InChI=1S/C14H11Cl2NO3S/c1-9(18)11-4-2-3-5-13(11)17-21(19,20)14-8-10(15)6-7-12(14)16/h2-8,17H,1H3. The Morgan fingerprint density at radius 1 is 1.10 bits per heavy atom. The maximum Gasteiger partial charge on any atom is 0.263 e. The van der Waals surface area contributed by atoms with E-state index in [2.05, 4.69) is 4.72 Å². The lowest BCUT2D eigenvalue weighted by atomic mass is 10.1. The minimum Gasteiger partial charge on any atom is -0.294 e.